The molecule has 0 spiro atoms. The Bertz CT molecular complexity index is 642. The van der Waals surface area contributed by atoms with Gasteiger partial charge in [0.25, 0.3) is 0 Å². The average molecular weight is 256 g/mol. The third-order valence-electron chi connectivity index (χ3n) is 2.95. The van der Waals surface area contributed by atoms with Gasteiger partial charge in [-0.25, -0.2) is 4.68 Å². The van der Waals surface area contributed by atoms with Crippen LogP contribution in [-0.4, -0.2) is 20.7 Å². The van der Waals surface area contributed by atoms with Gasteiger partial charge in [-0.1, -0.05) is 19.6 Å². The maximum atomic E-state index is 11.7. The smallest absolute Gasteiger partial charge is 0.178 e. The Labute approximate surface area is 112 Å². The second-order valence-corrected chi connectivity index (χ2v) is 4.29. The fourth-order valence-corrected chi connectivity index (χ4v) is 1.93. The number of aromatic hydroxyl groups is 1. The van der Waals surface area contributed by atoms with E-state index in [1.54, 1.807) is 35.0 Å². The van der Waals surface area contributed by atoms with Crippen LogP contribution >= 0.6 is 0 Å². The van der Waals surface area contributed by atoms with E-state index in [-0.39, 0.29) is 11.5 Å². The highest BCUT2D eigenvalue weighted by Gasteiger charge is 2.14. The quantitative estimate of drug-likeness (QED) is 0.855. The number of carbonyl (C=O) groups excluding carboxylic acids is 1. The monoisotopic (exact) mass is 256 g/mol. The first kappa shape index (κ1) is 13.1. The number of nitrogens with zero attached hydrogens (tertiary/aromatic N) is 2. The van der Waals surface area contributed by atoms with Crippen molar-refractivity contribution in [3.8, 4) is 11.4 Å². The Balaban J connectivity index is 2.70. The summed E-state index contributed by atoms with van der Waals surface area (Å²) in [6, 6.07) is 6.68. The van der Waals surface area contributed by atoms with Crippen molar-refractivity contribution >= 4 is 11.9 Å². The van der Waals surface area contributed by atoms with Crippen molar-refractivity contribution in [2.24, 2.45) is 0 Å². The molecule has 0 radical (unpaired) electrons. The number of aromatic nitrogens is 2. The molecule has 0 unspecified atom stereocenters. The van der Waals surface area contributed by atoms with Crippen LogP contribution in [0, 0.1) is 0 Å². The van der Waals surface area contributed by atoms with E-state index in [1.165, 1.54) is 6.92 Å². The molecule has 0 aliphatic heterocycles. The standard InChI is InChI=1S/C15H16N2O2/c1-4-11-6-7-13(19)9-15(11)17-14(10(3)18)8-12(5-2)16-17/h4,6-9,19H,1,5H2,2-3H3. The molecule has 0 saturated carbocycles. The lowest BCUT2D eigenvalue weighted by Gasteiger charge is -2.09. The molecule has 0 fully saturated rings. The Morgan fingerprint density at radius 3 is 2.79 bits per heavy atom. The summed E-state index contributed by atoms with van der Waals surface area (Å²) < 4.78 is 1.57. The largest absolute Gasteiger partial charge is 0.508 e. The van der Waals surface area contributed by atoms with Crippen molar-refractivity contribution in [1.82, 2.24) is 9.78 Å². The Morgan fingerprint density at radius 1 is 1.47 bits per heavy atom. The molecule has 1 aromatic carbocycles. The minimum Gasteiger partial charge on any atom is -0.508 e. The van der Waals surface area contributed by atoms with Crippen molar-refractivity contribution in [2.75, 3.05) is 0 Å². The highest BCUT2D eigenvalue weighted by molar-refractivity contribution is 5.93. The fraction of sp³-hybridized carbons (Fsp3) is 0.200. The molecule has 4 nitrogen and oxygen atoms in total. The van der Waals surface area contributed by atoms with Crippen LogP contribution in [0.15, 0.2) is 30.8 Å². The molecule has 1 aromatic heterocycles. The van der Waals surface area contributed by atoms with Gasteiger partial charge in [0.15, 0.2) is 5.78 Å². The lowest BCUT2D eigenvalue weighted by Crippen LogP contribution is -2.07. The van der Waals surface area contributed by atoms with E-state index in [1.807, 2.05) is 6.92 Å². The van der Waals surface area contributed by atoms with Crippen LogP contribution in [0.3, 0.4) is 0 Å². The summed E-state index contributed by atoms with van der Waals surface area (Å²) >= 11 is 0. The minimum atomic E-state index is -0.0643. The normalized spacial score (nSPS) is 10.4. The summed E-state index contributed by atoms with van der Waals surface area (Å²) in [6.07, 6.45) is 2.42. The number of hydrogen-bond donors (Lipinski definition) is 1. The van der Waals surface area contributed by atoms with Crippen molar-refractivity contribution in [1.29, 1.82) is 0 Å². The third kappa shape index (κ3) is 2.42. The van der Waals surface area contributed by atoms with Gasteiger partial charge >= 0.3 is 0 Å². The zero-order chi connectivity index (χ0) is 14.0. The first-order chi connectivity index (χ1) is 9.06. The zero-order valence-electron chi connectivity index (χ0n) is 11.1. The van der Waals surface area contributed by atoms with Crippen molar-refractivity contribution < 1.29 is 9.90 Å². The Hall–Kier alpha value is -2.36. The van der Waals surface area contributed by atoms with Gasteiger partial charge in [0.2, 0.25) is 0 Å². The second-order valence-electron chi connectivity index (χ2n) is 4.29. The molecule has 0 amide bonds. The molecule has 19 heavy (non-hydrogen) atoms. The first-order valence-corrected chi connectivity index (χ1v) is 6.12. The Kier molecular flexibility index (Phi) is 3.51. The first-order valence-electron chi connectivity index (χ1n) is 6.12. The molecule has 0 aliphatic carbocycles. The van der Waals surface area contributed by atoms with E-state index in [2.05, 4.69) is 11.7 Å². The third-order valence-corrected chi connectivity index (χ3v) is 2.95. The van der Waals surface area contributed by atoms with Gasteiger partial charge < -0.3 is 5.11 Å². The average Bonchev–Trinajstić information content (AvgIpc) is 2.83. The summed E-state index contributed by atoms with van der Waals surface area (Å²) in [7, 11) is 0. The number of carbonyl (C=O) groups is 1. The molecule has 1 N–H and O–H groups in total. The molecule has 0 aliphatic rings. The molecule has 0 atom stereocenters. The summed E-state index contributed by atoms with van der Waals surface area (Å²) in [6.45, 7) is 7.22. The van der Waals surface area contributed by atoms with Crippen LogP contribution in [0.25, 0.3) is 11.8 Å². The van der Waals surface area contributed by atoms with E-state index < -0.39 is 0 Å². The molecule has 0 saturated heterocycles. The summed E-state index contributed by atoms with van der Waals surface area (Å²) in [4.78, 5) is 11.7. The summed E-state index contributed by atoms with van der Waals surface area (Å²) in [5, 5.41) is 14.0. The van der Waals surface area contributed by atoms with Crippen molar-refractivity contribution in [3.05, 3.63) is 47.8 Å². The van der Waals surface area contributed by atoms with Crippen LogP contribution in [0.1, 0.15) is 35.6 Å². The fourth-order valence-electron chi connectivity index (χ4n) is 1.93. The van der Waals surface area contributed by atoms with E-state index in [0.29, 0.717) is 11.4 Å². The van der Waals surface area contributed by atoms with Gasteiger partial charge in [-0.05, 0) is 30.2 Å². The number of ketones is 1. The molecule has 4 heteroatoms. The minimum absolute atomic E-state index is 0.0643. The maximum absolute atomic E-state index is 11.7. The van der Waals surface area contributed by atoms with Gasteiger partial charge in [0.1, 0.15) is 11.4 Å². The molecular weight excluding hydrogens is 240 g/mol. The Morgan fingerprint density at radius 2 is 2.21 bits per heavy atom. The van der Waals surface area contributed by atoms with Crippen LogP contribution in [0.2, 0.25) is 0 Å². The number of aryl methyl sites for hydroxylation is 1. The van der Waals surface area contributed by atoms with E-state index in [9.17, 15) is 9.90 Å². The topological polar surface area (TPSA) is 55.1 Å². The second kappa shape index (κ2) is 5.10. The van der Waals surface area contributed by atoms with Gasteiger partial charge in [-0.2, -0.15) is 5.10 Å². The molecule has 98 valence electrons. The lowest BCUT2D eigenvalue weighted by atomic mass is 10.1. The molecule has 2 aromatic rings. The van der Waals surface area contributed by atoms with Crippen LogP contribution in [-0.2, 0) is 6.42 Å². The molecule has 2 rings (SSSR count). The van der Waals surface area contributed by atoms with Crippen molar-refractivity contribution in [2.45, 2.75) is 20.3 Å². The number of rotatable bonds is 4. The molecule has 0 bridgehead atoms. The number of phenolic OH excluding ortho intramolecular Hbond substituents is 1. The SMILES string of the molecule is C=Cc1ccc(O)cc1-n1nc(CC)cc1C(C)=O. The predicted octanol–water partition coefficient (Wildman–Crippen LogP) is 2.99. The number of benzene rings is 1. The highest BCUT2D eigenvalue weighted by Crippen LogP contribution is 2.23. The van der Waals surface area contributed by atoms with E-state index in [4.69, 9.17) is 0 Å². The van der Waals surface area contributed by atoms with Gasteiger partial charge in [-0.15, -0.1) is 0 Å². The zero-order valence-corrected chi connectivity index (χ0v) is 11.1. The van der Waals surface area contributed by atoms with Gasteiger partial charge in [0, 0.05) is 13.0 Å². The van der Waals surface area contributed by atoms with Gasteiger partial charge in [-0.3, -0.25) is 4.79 Å². The van der Waals surface area contributed by atoms with Crippen LogP contribution < -0.4 is 0 Å². The van der Waals surface area contributed by atoms with Crippen molar-refractivity contribution in [3.63, 3.8) is 0 Å². The molecule has 1 heterocycles. The number of phenols is 1. The number of hydrogen-bond acceptors (Lipinski definition) is 3. The lowest BCUT2D eigenvalue weighted by molar-refractivity contribution is 0.101. The van der Waals surface area contributed by atoms with Crippen LogP contribution in [0.5, 0.6) is 5.75 Å². The highest BCUT2D eigenvalue weighted by atomic mass is 16.3. The van der Waals surface area contributed by atoms with Gasteiger partial charge in [0.05, 0.1) is 11.4 Å². The maximum Gasteiger partial charge on any atom is 0.178 e. The summed E-state index contributed by atoms with van der Waals surface area (Å²) in [5.41, 5.74) is 2.81. The predicted molar refractivity (Wildman–Crippen MR) is 74.7 cm³/mol. The van der Waals surface area contributed by atoms with E-state index >= 15 is 0 Å². The molecular formula is C15H16N2O2. The van der Waals surface area contributed by atoms with E-state index in [0.717, 1.165) is 17.7 Å². The summed E-state index contributed by atoms with van der Waals surface area (Å²) in [5.74, 6) is 0.0641. The van der Waals surface area contributed by atoms with Crippen LogP contribution in [0.4, 0.5) is 0 Å². The number of Topliss-reactive ketones (excluding diaryl/α,β-unsaturated/α-hetero) is 1.